The Kier molecular flexibility index (Phi) is 5.19. The van der Waals surface area contributed by atoms with Crippen molar-refractivity contribution in [3.63, 3.8) is 0 Å². The fourth-order valence-electron chi connectivity index (χ4n) is 2.59. The van der Waals surface area contributed by atoms with Crippen LogP contribution in [-0.4, -0.2) is 32.6 Å². The van der Waals surface area contributed by atoms with E-state index in [1.807, 2.05) is 24.3 Å². The molecule has 1 aromatic heterocycles. The molecule has 0 saturated carbocycles. The molecule has 7 heteroatoms. The van der Waals surface area contributed by atoms with E-state index in [0.29, 0.717) is 22.9 Å². The van der Waals surface area contributed by atoms with Crippen LogP contribution >= 0.6 is 0 Å². The lowest BCUT2D eigenvalue weighted by atomic mass is 10.0. The summed E-state index contributed by atoms with van der Waals surface area (Å²) >= 11 is 0. The van der Waals surface area contributed by atoms with Gasteiger partial charge in [-0.2, -0.15) is 0 Å². The number of hydrogen-bond acceptors (Lipinski definition) is 5. The average molecular weight is 382 g/mol. The van der Waals surface area contributed by atoms with Crippen molar-refractivity contribution in [1.29, 1.82) is 0 Å². The molecule has 0 unspecified atom stereocenters. The topological polar surface area (TPSA) is 81.3 Å². The molecule has 6 nitrogen and oxygen atoms in total. The molecule has 0 spiro atoms. The molecule has 0 saturated heterocycles. The fraction of sp³-hybridized carbons (Fsp3) is 0.150. The van der Waals surface area contributed by atoms with E-state index in [9.17, 15) is 8.42 Å². The van der Waals surface area contributed by atoms with E-state index in [0.717, 1.165) is 11.1 Å². The molecule has 27 heavy (non-hydrogen) atoms. The third kappa shape index (κ3) is 3.81. The minimum Gasteiger partial charge on any atom is -0.497 e. The van der Waals surface area contributed by atoms with Crippen molar-refractivity contribution in [2.45, 2.75) is 12.1 Å². The van der Waals surface area contributed by atoms with Gasteiger partial charge in [-0.3, -0.25) is 0 Å². The molecular weight excluding hydrogens is 364 g/mol. The Morgan fingerprint density at radius 2 is 1.41 bits per heavy atom. The lowest BCUT2D eigenvalue weighted by Gasteiger charge is -2.06. The number of nitrogens with one attached hydrogen (secondary N) is 1. The number of sulfone groups is 1. The largest absolute Gasteiger partial charge is 0.497 e. The maximum Gasteiger partial charge on any atom is 0.278 e. The molecule has 2 aromatic carbocycles. The first-order valence-corrected chi connectivity index (χ1v) is 9.54. The summed E-state index contributed by atoms with van der Waals surface area (Å²) in [5, 5.41) is 2.02. The van der Waals surface area contributed by atoms with E-state index in [2.05, 4.69) is 21.1 Å². The smallest absolute Gasteiger partial charge is 0.278 e. The second-order valence-electron chi connectivity index (χ2n) is 5.58. The van der Waals surface area contributed by atoms with E-state index >= 15 is 0 Å². The highest BCUT2D eigenvalue weighted by Crippen LogP contribution is 2.33. The first-order valence-electron chi connectivity index (χ1n) is 8.06. The van der Waals surface area contributed by atoms with Crippen molar-refractivity contribution in [2.75, 3.05) is 14.2 Å². The minimum absolute atomic E-state index is 0.187. The SMILES string of the molecule is CC#CS(=O)(=O)c1nc(-c2ccc(OC)cc2)c(-c2ccc(OC)cc2)[nH]1. The molecule has 0 fully saturated rings. The van der Waals surface area contributed by atoms with Crippen molar-refractivity contribution in [3.05, 3.63) is 48.5 Å². The number of ether oxygens (including phenoxy) is 2. The summed E-state index contributed by atoms with van der Waals surface area (Å²) in [6.45, 7) is 1.47. The maximum absolute atomic E-state index is 12.4. The average Bonchev–Trinajstić information content (AvgIpc) is 3.14. The molecule has 0 aliphatic carbocycles. The van der Waals surface area contributed by atoms with E-state index in [1.54, 1.807) is 38.5 Å². The Morgan fingerprint density at radius 3 is 1.89 bits per heavy atom. The Bertz CT molecular complexity index is 1040. The van der Waals surface area contributed by atoms with Gasteiger partial charge in [0.2, 0.25) is 5.16 Å². The van der Waals surface area contributed by atoms with E-state index in [4.69, 9.17) is 9.47 Å². The predicted molar refractivity (Wildman–Crippen MR) is 103 cm³/mol. The summed E-state index contributed by atoms with van der Waals surface area (Å²) in [7, 11) is -0.662. The Labute approximate surface area is 158 Å². The normalized spacial score (nSPS) is 10.8. The maximum atomic E-state index is 12.4. The Morgan fingerprint density at radius 1 is 0.889 bits per heavy atom. The van der Waals surface area contributed by atoms with Crippen LogP contribution in [0.5, 0.6) is 11.5 Å². The zero-order chi connectivity index (χ0) is 19.4. The van der Waals surface area contributed by atoms with Crippen LogP contribution in [0.25, 0.3) is 22.5 Å². The number of aromatic amines is 1. The zero-order valence-corrected chi connectivity index (χ0v) is 15.9. The molecule has 0 bridgehead atoms. The first-order chi connectivity index (χ1) is 13.0. The molecule has 0 atom stereocenters. The predicted octanol–water partition coefficient (Wildman–Crippen LogP) is 3.52. The van der Waals surface area contributed by atoms with Crippen LogP contribution in [0, 0.1) is 11.2 Å². The number of H-pyrrole nitrogens is 1. The van der Waals surface area contributed by atoms with Crippen LogP contribution in [0.4, 0.5) is 0 Å². The molecule has 3 aromatic rings. The van der Waals surface area contributed by atoms with Gasteiger partial charge >= 0.3 is 0 Å². The highest BCUT2D eigenvalue weighted by atomic mass is 32.2. The van der Waals surface area contributed by atoms with E-state index in [1.165, 1.54) is 6.92 Å². The second kappa shape index (κ2) is 7.56. The van der Waals surface area contributed by atoms with Gasteiger partial charge in [-0.15, -0.1) is 0 Å². The Hall–Kier alpha value is -3.24. The summed E-state index contributed by atoms with van der Waals surface area (Å²) in [5.74, 6) is 3.82. The molecule has 138 valence electrons. The molecule has 0 aliphatic heterocycles. The van der Waals surface area contributed by atoms with Crippen LogP contribution in [0.3, 0.4) is 0 Å². The van der Waals surface area contributed by atoms with E-state index in [-0.39, 0.29) is 5.16 Å². The number of rotatable bonds is 5. The van der Waals surface area contributed by atoms with Gasteiger partial charge < -0.3 is 14.5 Å². The molecule has 1 N–H and O–H groups in total. The summed E-state index contributed by atoms with van der Waals surface area (Å²) in [5.41, 5.74) is 2.63. The van der Waals surface area contributed by atoms with Gasteiger partial charge in [0.05, 0.1) is 25.6 Å². The molecule has 1 heterocycles. The number of nitrogens with zero attached hydrogens (tertiary/aromatic N) is 1. The van der Waals surface area contributed by atoms with E-state index < -0.39 is 9.84 Å². The number of hydrogen-bond donors (Lipinski definition) is 1. The van der Waals surface area contributed by atoms with Gasteiger partial charge in [0.25, 0.3) is 9.84 Å². The molecular formula is C20H18N2O4S. The second-order valence-corrected chi connectivity index (χ2v) is 7.18. The monoisotopic (exact) mass is 382 g/mol. The quantitative estimate of drug-likeness (QED) is 0.539. The summed E-state index contributed by atoms with van der Waals surface area (Å²) in [4.78, 5) is 7.24. The molecule has 0 aliphatic rings. The van der Waals surface area contributed by atoms with Crippen LogP contribution in [-0.2, 0) is 9.84 Å². The molecule has 3 rings (SSSR count). The number of methoxy groups -OCH3 is 2. The van der Waals surface area contributed by atoms with Crippen molar-refractivity contribution in [2.24, 2.45) is 0 Å². The van der Waals surface area contributed by atoms with Crippen LogP contribution in [0.2, 0.25) is 0 Å². The van der Waals surface area contributed by atoms with Gasteiger partial charge in [-0.05, 0) is 55.5 Å². The number of imidazole rings is 1. The van der Waals surface area contributed by atoms with Gasteiger partial charge in [-0.1, -0.05) is 5.92 Å². The first kappa shape index (κ1) is 18.5. The van der Waals surface area contributed by atoms with Crippen molar-refractivity contribution < 1.29 is 17.9 Å². The van der Waals surface area contributed by atoms with Gasteiger partial charge in [-0.25, -0.2) is 13.4 Å². The van der Waals surface area contributed by atoms with Crippen LogP contribution in [0.1, 0.15) is 6.92 Å². The lowest BCUT2D eigenvalue weighted by Crippen LogP contribution is -1.99. The van der Waals surface area contributed by atoms with Crippen LogP contribution < -0.4 is 9.47 Å². The summed E-state index contributed by atoms with van der Waals surface area (Å²) in [6.07, 6.45) is 0. The fourth-order valence-corrected chi connectivity index (χ4v) is 3.40. The highest BCUT2D eigenvalue weighted by molar-refractivity contribution is 7.95. The third-order valence-corrected chi connectivity index (χ3v) is 5.09. The zero-order valence-electron chi connectivity index (χ0n) is 15.1. The van der Waals surface area contributed by atoms with Crippen LogP contribution in [0.15, 0.2) is 53.7 Å². The van der Waals surface area contributed by atoms with Gasteiger partial charge in [0.1, 0.15) is 11.5 Å². The number of aromatic nitrogens is 2. The highest BCUT2D eigenvalue weighted by Gasteiger charge is 2.21. The summed E-state index contributed by atoms with van der Waals surface area (Å²) in [6, 6.07) is 14.5. The molecule has 0 amide bonds. The van der Waals surface area contributed by atoms with Crippen molar-refractivity contribution >= 4 is 9.84 Å². The Balaban J connectivity index is 2.18. The van der Waals surface area contributed by atoms with Crippen molar-refractivity contribution in [3.8, 4) is 45.2 Å². The standard InChI is InChI=1S/C20H18N2O4S/c1-4-13-27(23,24)20-21-18(14-5-9-16(25-2)10-6-14)19(22-20)15-7-11-17(26-3)12-8-15/h5-12H,1-3H3,(H,21,22). The van der Waals surface area contributed by atoms with Crippen molar-refractivity contribution in [1.82, 2.24) is 9.97 Å². The lowest BCUT2D eigenvalue weighted by molar-refractivity contribution is 0.414. The summed E-state index contributed by atoms with van der Waals surface area (Å²) < 4.78 is 35.1. The number of benzene rings is 2. The molecule has 0 radical (unpaired) electrons. The third-order valence-electron chi connectivity index (χ3n) is 3.92. The van der Waals surface area contributed by atoms with Gasteiger partial charge in [0.15, 0.2) is 0 Å². The van der Waals surface area contributed by atoms with Gasteiger partial charge in [0, 0.05) is 16.4 Å². The minimum atomic E-state index is -3.83.